The van der Waals surface area contributed by atoms with Gasteiger partial charge in [-0.2, -0.15) is 0 Å². The van der Waals surface area contributed by atoms with Crippen LogP contribution < -0.4 is 5.32 Å². The molecule has 90 valence electrons. The number of aromatic nitrogens is 1. The molecule has 0 unspecified atom stereocenters. The lowest BCUT2D eigenvalue weighted by Crippen LogP contribution is -2.31. The predicted octanol–water partition coefficient (Wildman–Crippen LogP) is -0.0564. The van der Waals surface area contributed by atoms with Crippen molar-refractivity contribution in [2.45, 2.75) is 6.42 Å². The summed E-state index contributed by atoms with van der Waals surface area (Å²) in [6.45, 7) is -0.218. The third kappa shape index (κ3) is 4.42. The van der Waals surface area contributed by atoms with E-state index in [0.29, 0.717) is 0 Å². The maximum absolute atomic E-state index is 11.5. The molecule has 0 aromatic carbocycles. The number of Topliss-reactive ketones (excluding diaryl/α,β-unsaturated/α-hetero) is 1. The molecule has 1 heterocycles. The number of pyridine rings is 1. The molecule has 0 saturated heterocycles. The first kappa shape index (κ1) is 12.8. The van der Waals surface area contributed by atoms with Crippen molar-refractivity contribution >= 4 is 17.7 Å². The Morgan fingerprint density at radius 3 is 2.71 bits per heavy atom. The van der Waals surface area contributed by atoms with Gasteiger partial charge in [0.15, 0.2) is 5.78 Å². The standard InChI is InChI=1S/C11H12N2O4/c1-17-10(15)6-8(14)7-13-11(16)9-4-2-3-5-12-9/h2-5H,6-7H2,1H3,(H,13,16). The summed E-state index contributed by atoms with van der Waals surface area (Å²) in [4.78, 5) is 37.3. The molecule has 0 atom stereocenters. The fourth-order valence-electron chi connectivity index (χ4n) is 1.06. The van der Waals surface area contributed by atoms with E-state index in [1.165, 1.54) is 19.4 Å². The maximum atomic E-state index is 11.5. The Labute approximate surface area is 98.0 Å². The van der Waals surface area contributed by atoms with Gasteiger partial charge in [0.25, 0.3) is 5.91 Å². The largest absolute Gasteiger partial charge is 0.469 e. The van der Waals surface area contributed by atoms with Crippen LogP contribution in [-0.4, -0.2) is 36.3 Å². The first-order valence-electron chi connectivity index (χ1n) is 4.91. The molecule has 0 spiro atoms. The molecular weight excluding hydrogens is 224 g/mol. The van der Waals surface area contributed by atoms with Crippen LogP contribution in [0.2, 0.25) is 0 Å². The molecule has 0 radical (unpaired) electrons. The number of methoxy groups -OCH3 is 1. The smallest absolute Gasteiger partial charge is 0.313 e. The minimum absolute atomic E-state index is 0.218. The molecule has 6 heteroatoms. The van der Waals surface area contributed by atoms with Gasteiger partial charge in [-0.1, -0.05) is 6.07 Å². The van der Waals surface area contributed by atoms with Gasteiger partial charge < -0.3 is 10.1 Å². The Morgan fingerprint density at radius 1 is 1.35 bits per heavy atom. The van der Waals surface area contributed by atoms with Gasteiger partial charge in [0.1, 0.15) is 12.1 Å². The average Bonchev–Trinajstić information content (AvgIpc) is 2.36. The fraction of sp³-hybridized carbons (Fsp3) is 0.273. The minimum atomic E-state index is -0.623. The van der Waals surface area contributed by atoms with E-state index in [4.69, 9.17) is 0 Å². The second-order valence-corrected chi connectivity index (χ2v) is 3.19. The summed E-state index contributed by atoms with van der Waals surface area (Å²) in [6.07, 6.45) is 1.13. The van der Waals surface area contributed by atoms with Crippen molar-refractivity contribution in [1.82, 2.24) is 10.3 Å². The summed E-state index contributed by atoms with van der Waals surface area (Å²) >= 11 is 0. The monoisotopic (exact) mass is 236 g/mol. The molecule has 0 aliphatic carbocycles. The highest BCUT2D eigenvalue weighted by Crippen LogP contribution is 1.93. The summed E-state index contributed by atoms with van der Waals surface area (Å²) in [5, 5.41) is 2.37. The van der Waals surface area contributed by atoms with Crippen molar-refractivity contribution in [3.63, 3.8) is 0 Å². The van der Waals surface area contributed by atoms with Crippen molar-refractivity contribution in [3.8, 4) is 0 Å². The van der Waals surface area contributed by atoms with Crippen molar-refractivity contribution in [3.05, 3.63) is 30.1 Å². The van der Waals surface area contributed by atoms with Gasteiger partial charge in [-0.15, -0.1) is 0 Å². The van der Waals surface area contributed by atoms with E-state index in [0.717, 1.165) is 0 Å². The highest BCUT2D eigenvalue weighted by molar-refractivity contribution is 6.00. The Balaban J connectivity index is 2.39. The lowest BCUT2D eigenvalue weighted by molar-refractivity contribution is -0.143. The summed E-state index contributed by atoms with van der Waals surface area (Å²) in [5.41, 5.74) is 0.221. The number of carbonyl (C=O) groups is 3. The second kappa shape index (κ2) is 6.37. The zero-order chi connectivity index (χ0) is 12.7. The SMILES string of the molecule is COC(=O)CC(=O)CNC(=O)c1ccccn1. The van der Waals surface area contributed by atoms with Crippen LogP contribution in [0.25, 0.3) is 0 Å². The van der Waals surface area contributed by atoms with E-state index < -0.39 is 17.7 Å². The highest BCUT2D eigenvalue weighted by atomic mass is 16.5. The van der Waals surface area contributed by atoms with Crippen molar-refractivity contribution in [1.29, 1.82) is 0 Å². The molecule has 0 fully saturated rings. The van der Waals surface area contributed by atoms with E-state index in [-0.39, 0.29) is 18.7 Å². The molecule has 1 N–H and O–H groups in total. The van der Waals surface area contributed by atoms with Crippen LogP contribution in [0.15, 0.2) is 24.4 Å². The van der Waals surface area contributed by atoms with E-state index in [1.54, 1.807) is 12.1 Å². The summed E-state index contributed by atoms with van der Waals surface area (Å²) in [7, 11) is 1.20. The number of amides is 1. The first-order valence-corrected chi connectivity index (χ1v) is 4.91. The highest BCUT2D eigenvalue weighted by Gasteiger charge is 2.12. The molecule has 1 aromatic heterocycles. The van der Waals surface area contributed by atoms with E-state index in [2.05, 4.69) is 15.0 Å². The molecule has 0 bridgehead atoms. The summed E-state index contributed by atoms with van der Waals surface area (Å²) < 4.78 is 4.33. The Bertz CT molecular complexity index is 417. The van der Waals surface area contributed by atoms with Gasteiger partial charge in [-0.05, 0) is 12.1 Å². The normalized spacial score (nSPS) is 9.47. The number of nitrogens with one attached hydrogen (secondary N) is 1. The molecule has 0 aliphatic rings. The minimum Gasteiger partial charge on any atom is -0.469 e. The van der Waals surface area contributed by atoms with Crippen LogP contribution in [0.1, 0.15) is 16.9 Å². The molecule has 1 aromatic rings. The van der Waals surface area contributed by atoms with Crippen LogP contribution in [0, 0.1) is 0 Å². The number of hydrogen-bond acceptors (Lipinski definition) is 5. The fourth-order valence-corrected chi connectivity index (χ4v) is 1.06. The molecule has 0 saturated carbocycles. The van der Waals surface area contributed by atoms with E-state index in [9.17, 15) is 14.4 Å². The van der Waals surface area contributed by atoms with Crippen molar-refractivity contribution in [2.75, 3.05) is 13.7 Å². The zero-order valence-electron chi connectivity index (χ0n) is 9.30. The maximum Gasteiger partial charge on any atom is 0.313 e. The van der Waals surface area contributed by atoms with Crippen molar-refractivity contribution in [2.24, 2.45) is 0 Å². The molecule has 1 rings (SSSR count). The van der Waals surface area contributed by atoms with Crippen molar-refractivity contribution < 1.29 is 19.1 Å². The predicted molar refractivity (Wildman–Crippen MR) is 58.2 cm³/mol. The van der Waals surface area contributed by atoms with Crippen LogP contribution >= 0.6 is 0 Å². The molecular formula is C11H12N2O4. The number of nitrogens with zero attached hydrogens (tertiary/aromatic N) is 1. The van der Waals surface area contributed by atoms with Crippen LogP contribution in [-0.2, 0) is 14.3 Å². The van der Waals surface area contributed by atoms with Gasteiger partial charge in [0.05, 0.1) is 13.7 Å². The summed E-state index contributed by atoms with van der Waals surface area (Å²) in [6, 6.07) is 4.87. The quantitative estimate of drug-likeness (QED) is 0.572. The van der Waals surface area contributed by atoms with Gasteiger partial charge in [-0.3, -0.25) is 19.4 Å². The molecule has 0 aliphatic heterocycles. The topological polar surface area (TPSA) is 85.4 Å². The molecule has 17 heavy (non-hydrogen) atoms. The Kier molecular flexibility index (Phi) is 4.80. The number of hydrogen-bond donors (Lipinski definition) is 1. The number of carbonyl (C=O) groups excluding carboxylic acids is 3. The average molecular weight is 236 g/mol. The molecule has 1 amide bonds. The Hall–Kier alpha value is -2.24. The lowest BCUT2D eigenvalue weighted by atomic mass is 10.2. The third-order valence-corrected chi connectivity index (χ3v) is 1.91. The van der Waals surface area contributed by atoms with Gasteiger partial charge in [-0.25, -0.2) is 0 Å². The Morgan fingerprint density at radius 2 is 2.12 bits per heavy atom. The number of ketones is 1. The van der Waals surface area contributed by atoms with Crippen LogP contribution in [0.4, 0.5) is 0 Å². The van der Waals surface area contributed by atoms with E-state index in [1.807, 2.05) is 0 Å². The number of ether oxygens (including phenoxy) is 1. The second-order valence-electron chi connectivity index (χ2n) is 3.19. The van der Waals surface area contributed by atoms with Crippen LogP contribution in [0.3, 0.4) is 0 Å². The number of rotatable bonds is 5. The lowest BCUT2D eigenvalue weighted by Gasteiger charge is -2.03. The number of esters is 1. The van der Waals surface area contributed by atoms with E-state index >= 15 is 0 Å². The first-order chi connectivity index (χ1) is 8.13. The van der Waals surface area contributed by atoms with Gasteiger partial charge in [0, 0.05) is 6.20 Å². The summed E-state index contributed by atoms with van der Waals surface area (Å²) in [5.74, 6) is -1.49. The van der Waals surface area contributed by atoms with Gasteiger partial charge in [0.2, 0.25) is 0 Å². The molecule has 6 nitrogen and oxygen atoms in total. The zero-order valence-corrected chi connectivity index (χ0v) is 9.30. The van der Waals surface area contributed by atoms with Gasteiger partial charge >= 0.3 is 5.97 Å². The van der Waals surface area contributed by atoms with Crippen LogP contribution in [0.5, 0.6) is 0 Å². The third-order valence-electron chi connectivity index (χ3n) is 1.91.